The van der Waals surface area contributed by atoms with Gasteiger partial charge in [0.2, 0.25) is 0 Å². The topological polar surface area (TPSA) is 21.1 Å². The zero-order valence-corrected chi connectivity index (χ0v) is 13.8. The van der Waals surface area contributed by atoms with E-state index in [-0.39, 0.29) is 0 Å². The minimum Gasteiger partial charge on any atom is -0.302 e. The van der Waals surface area contributed by atoms with E-state index in [0.29, 0.717) is 0 Å². The van der Waals surface area contributed by atoms with Crippen molar-refractivity contribution in [1.82, 2.24) is 14.7 Å². The summed E-state index contributed by atoms with van der Waals surface area (Å²) in [5.74, 6) is 0. The molecule has 0 bridgehead atoms. The predicted molar refractivity (Wildman–Crippen MR) is 88.5 cm³/mol. The van der Waals surface area contributed by atoms with E-state index in [1.807, 2.05) is 0 Å². The van der Waals surface area contributed by atoms with Gasteiger partial charge in [-0.15, -0.1) is 0 Å². The molecule has 0 fully saturated rings. The minimum absolute atomic E-state index is 0.953. The third-order valence-electron chi connectivity index (χ3n) is 4.02. The van der Waals surface area contributed by atoms with Crippen molar-refractivity contribution in [3.05, 3.63) is 52.8 Å². The highest BCUT2D eigenvalue weighted by Crippen LogP contribution is 2.16. The number of hydrogen-bond acceptors (Lipinski definition) is 2. The summed E-state index contributed by atoms with van der Waals surface area (Å²) < 4.78 is 2.16. The Morgan fingerprint density at radius 3 is 2.52 bits per heavy atom. The molecule has 3 nitrogen and oxygen atoms in total. The monoisotopic (exact) mass is 285 g/mol. The van der Waals surface area contributed by atoms with Gasteiger partial charge in [0.05, 0.1) is 5.69 Å². The lowest BCUT2D eigenvalue weighted by Gasteiger charge is -2.15. The van der Waals surface area contributed by atoms with Crippen molar-refractivity contribution in [3.8, 4) is 0 Å². The highest BCUT2D eigenvalue weighted by atomic mass is 15.3. The lowest BCUT2D eigenvalue weighted by Crippen LogP contribution is -2.19. The van der Waals surface area contributed by atoms with Gasteiger partial charge in [-0.3, -0.25) is 4.68 Å². The zero-order chi connectivity index (χ0) is 15.2. The van der Waals surface area contributed by atoms with E-state index < -0.39 is 0 Å². The second-order valence-corrected chi connectivity index (χ2v) is 5.85. The van der Waals surface area contributed by atoms with Crippen LogP contribution in [0, 0.1) is 13.8 Å². The van der Waals surface area contributed by atoms with Crippen molar-refractivity contribution in [2.45, 2.75) is 46.7 Å². The van der Waals surface area contributed by atoms with E-state index in [9.17, 15) is 0 Å². The average Bonchev–Trinajstić information content (AvgIpc) is 2.74. The molecule has 0 amide bonds. The maximum atomic E-state index is 4.73. The fourth-order valence-corrected chi connectivity index (χ4v) is 2.79. The lowest BCUT2D eigenvalue weighted by molar-refractivity contribution is 0.326. The Kier molecular flexibility index (Phi) is 5.57. The molecular formula is C18H27N3. The Bertz CT molecular complexity index is 557. The summed E-state index contributed by atoms with van der Waals surface area (Å²) in [4.78, 5) is 2.37. The van der Waals surface area contributed by atoms with Gasteiger partial charge >= 0.3 is 0 Å². The van der Waals surface area contributed by atoms with Crippen molar-refractivity contribution in [3.63, 3.8) is 0 Å². The molecule has 0 aliphatic carbocycles. The molecule has 0 atom stereocenters. The molecule has 0 saturated carbocycles. The number of hydrogen-bond donors (Lipinski definition) is 0. The molecule has 0 aliphatic rings. The summed E-state index contributed by atoms with van der Waals surface area (Å²) in [6.45, 7) is 9.62. The second-order valence-electron chi connectivity index (χ2n) is 5.85. The predicted octanol–water partition coefficient (Wildman–Crippen LogP) is 3.58. The number of rotatable bonds is 7. The van der Waals surface area contributed by atoms with Crippen LogP contribution in [0.2, 0.25) is 0 Å². The van der Waals surface area contributed by atoms with E-state index in [4.69, 9.17) is 5.10 Å². The van der Waals surface area contributed by atoms with Gasteiger partial charge in [0.25, 0.3) is 0 Å². The van der Waals surface area contributed by atoms with E-state index in [1.54, 1.807) is 0 Å². The molecule has 0 N–H and O–H groups in total. The first-order valence-electron chi connectivity index (χ1n) is 7.87. The first kappa shape index (κ1) is 15.8. The molecule has 114 valence electrons. The van der Waals surface area contributed by atoms with E-state index in [0.717, 1.165) is 26.1 Å². The molecule has 0 spiro atoms. The Morgan fingerprint density at radius 2 is 1.86 bits per heavy atom. The Balaban J connectivity index is 2.04. The van der Waals surface area contributed by atoms with Crippen molar-refractivity contribution < 1.29 is 0 Å². The fourth-order valence-electron chi connectivity index (χ4n) is 2.79. The first-order chi connectivity index (χ1) is 10.1. The summed E-state index contributed by atoms with van der Waals surface area (Å²) in [5.41, 5.74) is 5.24. The summed E-state index contributed by atoms with van der Waals surface area (Å²) >= 11 is 0. The van der Waals surface area contributed by atoms with Gasteiger partial charge in [-0.25, -0.2) is 0 Å². The summed E-state index contributed by atoms with van der Waals surface area (Å²) in [7, 11) is 2.18. The van der Waals surface area contributed by atoms with Crippen LogP contribution in [0.15, 0.2) is 30.3 Å². The summed E-state index contributed by atoms with van der Waals surface area (Å²) in [5, 5.41) is 4.73. The van der Waals surface area contributed by atoms with Crippen molar-refractivity contribution in [2.75, 3.05) is 13.6 Å². The molecule has 0 saturated heterocycles. The van der Waals surface area contributed by atoms with Gasteiger partial charge < -0.3 is 4.90 Å². The maximum Gasteiger partial charge on any atom is 0.0641 e. The minimum atomic E-state index is 0.953. The standard InChI is InChI=1S/C18H27N3/c1-5-12-20(4)14-18-15(2)19-21(16(18)3)13-11-17-9-7-6-8-10-17/h6-10H,5,11-14H2,1-4H3. The molecule has 0 aliphatic heterocycles. The van der Waals surface area contributed by atoms with Gasteiger partial charge in [0, 0.05) is 24.3 Å². The largest absolute Gasteiger partial charge is 0.302 e. The lowest BCUT2D eigenvalue weighted by atomic mass is 10.1. The van der Waals surface area contributed by atoms with Gasteiger partial charge in [-0.2, -0.15) is 5.10 Å². The van der Waals surface area contributed by atoms with Gasteiger partial charge in [-0.05, 0) is 45.8 Å². The van der Waals surface area contributed by atoms with Gasteiger partial charge in [0.1, 0.15) is 0 Å². The van der Waals surface area contributed by atoms with Crippen molar-refractivity contribution in [2.24, 2.45) is 0 Å². The second kappa shape index (κ2) is 7.41. The van der Waals surface area contributed by atoms with Crippen LogP contribution >= 0.6 is 0 Å². The van der Waals surface area contributed by atoms with E-state index in [1.165, 1.54) is 28.9 Å². The van der Waals surface area contributed by atoms with Crippen LogP contribution in [0.3, 0.4) is 0 Å². The molecular weight excluding hydrogens is 258 g/mol. The van der Waals surface area contributed by atoms with Gasteiger partial charge in [-0.1, -0.05) is 37.3 Å². The van der Waals surface area contributed by atoms with Crippen LogP contribution in [-0.4, -0.2) is 28.3 Å². The highest BCUT2D eigenvalue weighted by molar-refractivity contribution is 5.24. The number of nitrogens with zero attached hydrogens (tertiary/aromatic N) is 3. The molecule has 0 unspecified atom stereocenters. The Hall–Kier alpha value is -1.61. The van der Waals surface area contributed by atoms with E-state index in [2.05, 4.69) is 67.7 Å². The highest BCUT2D eigenvalue weighted by Gasteiger charge is 2.13. The average molecular weight is 285 g/mol. The van der Waals surface area contributed by atoms with Crippen LogP contribution in [0.5, 0.6) is 0 Å². The number of aryl methyl sites for hydroxylation is 3. The molecule has 2 aromatic rings. The molecule has 1 aromatic carbocycles. The maximum absolute atomic E-state index is 4.73. The molecule has 1 heterocycles. The molecule has 3 heteroatoms. The summed E-state index contributed by atoms with van der Waals surface area (Å²) in [6.07, 6.45) is 2.23. The number of benzene rings is 1. The van der Waals surface area contributed by atoms with E-state index >= 15 is 0 Å². The van der Waals surface area contributed by atoms with Gasteiger partial charge in [0.15, 0.2) is 0 Å². The smallest absolute Gasteiger partial charge is 0.0641 e. The Labute approximate surface area is 128 Å². The zero-order valence-electron chi connectivity index (χ0n) is 13.8. The van der Waals surface area contributed by atoms with Crippen molar-refractivity contribution in [1.29, 1.82) is 0 Å². The molecule has 2 rings (SSSR count). The SMILES string of the molecule is CCCN(C)Cc1c(C)nn(CCc2ccccc2)c1C. The molecule has 0 radical (unpaired) electrons. The normalized spacial score (nSPS) is 11.3. The fraction of sp³-hybridized carbons (Fsp3) is 0.500. The van der Waals surface area contributed by atoms with Crippen LogP contribution in [-0.2, 0) is 19.5 Å². The first-order valence-corrected chi connectivity index (χ1v) is 7.87. The molecule has 21 heavy (non-hydrogen) atoms. The summed E-state index contributed by atoms with van der Waals surface area (Å²) in [6, 6.07) is 10.6. The van der Waals surface area contributed by atoms with Crippen LogP contribution in [0.4, 0.5) is 0 Å². The third-order valence-corrected chi connectivity index (χ3v) is 4.02. The third kappa shape index (κ3) is 4.18. The van der Waals surface area contributed by atoms with Crippen molar-refractivity contribution >= 4 is 0 Å². The Morgan fingerprint density at radius 1 is 1.14 bits per heavy atom. The van der Waals surface area contributed by atoms with Crippen LogP contribution in [0.25, 0.3) is 0 Å². The van der Waals surface area contributed by atoms with Crippen LogP contribution in [0.1, 0.15) is 35.9 Å². The van der Waals surface area contributed by atoms with Crippen LogP contribution < -0.4 is 0 Å². The number of aromatic nitrogens is 2. The quantitative estimate of drug-likeness (QED) is 0.775. The molecule has 1 aromatic heterocycles.